The number of thiophene rings is 1. The SMILES string of the molecule is CCN(Cc1ccc(Cl)s1)C(=O)C[NH+](C)CC(=O)Nc1c(C)cccc1C. The van der Waals surface area contributed by atoms with E-state index in [1.165, 1.54) is 11.3 Å². The van der Waals surface area contributed by atoms with Crippen LogP contribution in [0.25, 0.3) is 0 Å². The van der Waals surface area contributed by atoms with Crippen molar-refractivity contribution in [3.8, 4) is 0 Å². The Morgan fingerprint density at radius 1 is 1.15 bits per heavy atom. The standard InChI is InChI=1S/C20H26ClN3O2S/c1-5-24(11-16-9-10-17(21)27-16)19(26)13-23(4)12-18(25)22-20-14(2)7-6-8-15(20)3/h6-10H,5,11-13H2,1-4H3,(H,22,25)/p+1. The molecule has 2 N–H and O–H groups in total. The first-order chi connectivity index (χ1) is 12.8. The van der Waals surface area contributed by atoms with E-state index in [0.29, 0.717) is 13.1 Å². The van der Waals surface area contributed by atoms with Gasteiger partial charge in [0.05, 0.1) is 17.9 Å². The van der Waals surface area contributed by atoms with Gasteiger partial charge in [0, 0.05) is 17.1 Å². The number of anilines is 1. The van der Waals surface area contributed by atoms with E-state index < -0.39 is 0 Å². The Labute approximate surface area is 169 Å². The summed E-state index contributed by atoms with van der Waals surface area (Å²) in [7, 11) is 1.86. The van der Waals surface area contributed by atoms with Crippen LogP contribution in [0.5, 0.6) is 0 Å². The summed E-state index contributed by atoms with van der Waals surface area (Å²) in [6.45, 7) is 7.58. The smallest absolute Gasteiger partial charge is 0.279 e. The number of quaternary nitrogens is 1. The second kappa shape index (κ2) is 9.88. The number of para-hydroxylation sites is 1. The Hall–Kier alpha value is -1.89. The maximum atomic E-state index is 12.6. The molecule has 1 aromatic carbocycles. The van der Waals surface area contributed by atoms with Gasteiger partial charge in [-0.15, -0.1) is 11.3 Å². The van der Waals surface area contributed by atoms with Gasteiger partial charge in [0.1, 0.15) is 0 Å². The zero-order valence-corrected chi connectivity index (χ0v) is 17.8. The number of nitrogens with one attached hydrogen (secondary N) is 2. The highest BCUT2D eigenvalue weighted by Crippen LogP contribution is 2.22. The number of halogens is 1. The molecule has 1 heterocycles. The van der Waals surface area contributed by atoms with E-state index in [4.69, 9.17) is 11.6 Å². The highest BCUT2D eigenvalue weighted by atomic mass is 35.5. The van der Waals surface area contributed by atoms with Crippen LogP contribution in [0.1, 0.15) is 22.9 Å². The molecular formula is C20H27ClN3O2S+. The lowest BCUT2D eigenvalue weighted by molar-refractivity contribution is -0.862. The average Bonchev–Trinajstić information content (AvgIpc) is 3.01. The summed E-state index contributed by atoms with van der Waals surface area (Å²) in [6, 6.07) is 9.69. The molecule has 0 bridgehead atoms. The van der Waals surface area contributed by atoms with Crippen LogP contribution in [-0.2, 0) is 16.1 Å². The summed E-state index contributed by atoms with van der Waals surface area (Å²) in [5, 5.41) is 2.97. The fraction of sp³-hybridized carbons (Fsp3) is 0.400. The van der Waals surface area contributed by atoms with Crippen molar-refractivity contribution in [3.63, 3.8) is 0 Å². The van der Waals surface area contributed by atoms with Gasteiger partial charge in [0.25, 0.3) is 11.8 Å². The molecule has 2 rings (SSSR count). The van der Waals surface area contributed by atoms with Gasteiger partial charge in [0.2, 0.25) is 0 Å². The topological polar surface area (TPSA) is 53.9 Å². The molecule has 2 amide bonds. The van der Waals surface area contributed by atoms with E-state index >= 15 is 0 Å². The molecule has 5 nitrogen and oxygen atoms in total. The summed E-state index contributed by atoms with van der Waals surface area (Å²) >= 11 is 7.45. The Bertz CT molecular complexity index is 786. The lowest BCUT2D eigenvalue weighted by Crippen LogP contribution is -3.11. The number of amides is 2. The van der Waals surface area contributed by atoms with Crippen molar-refractivity contribution in [1.29, 1.82) is 0 Å². The predicted molar refractivity (Wildman–Crippen MR) is 112 cm³/mol. The van der Waals surface area contributed by atoms with Gasteiger partial charge in [-0.25, -0.2) is 0 Å². The molecule has 0 spiro atoms. The summed E-state index contributed by atoms with van der Waals surface area (Å²) in [5.74, 6) is -0.0646. The molecule has 0 radical (unpaired) electrons. The third-order valence-corrected chi connectivity index (χ3v) is 5.59. The van der Waals surface area contributed by atoms with E-state index in [-0.39, 0.29) is 24.9 Å². The number of aryl methyl sites for hydroxylation is 2. The molecule has 2 aromatic rings. The third-order valence-electron chi connectivity index (χ3n) is 4.37. The van der Waals surface area contributed by atoms with Crippen molar-refractivity contribution >= 4 is 40.4 Å². The average molecular weight is 409 g/mol. The number of nitrogens with zero attached hydrogens (tertiary/aromatic N) is 1. The number of hydrogen-bond donors (Lipinski definition) is 2. The summed E-state index contributed by atoms with van der Waals surface area (Å²) < 4.78 is 0.722. The molecule has 1 aromatic heterocycles. The molecule has 0 saturated carbocycles. The van der Waals surface area contributed by atoms with Crippen molar-refractivity contribution in [2.24, 2.45) is 0 Å². The number of carbonyl (C=O) groups excluding carboxylic acids is 2. The van der Waals surface area contributed by atoms with Crippen molar-refractivity contribution in [1.82, 2.24) is 4.90 Å². The zero-order chi connectivity index (χ0) is 20.0. The zero-order valence-electron chi connectivity index (χ0n) is 16.3. The lowest BCUT2D eigenvalue weighted by atomic mass is 10.1. The molecule has 0 aliphatic carbocycles. The first-order valence-corrected chi connectivity index (χ1v) is 10.2. The molecular weight excluding hydrogens is 382 g/mol. The van der Waals surface area contributed by atoms with Crippen molar-refractivity contribution in [2.75, 3.05) is 32.0 Å². The minimum absolute atomic E-state index is 0.0272. The van der Waals surface area contributed by atoms with Crippen molar-refractivity contribution in [2.45, 2.75) is 27.3 Å². The van der Waals surface area contributed by atoms with Crippen molar-refractivity contribution < 1.29 is 14.5 Å². The van der Waals surface area contributed by atoms with Crippen LogP contribution in [0.15, 0.2) is 30.3 Å². The normalized spacial score (nSPS) is 11.9. The Morgan fingerprint density at radius 2 is 1.81 bits per heavy atom. The largest absolute Gasteiger partial charge is 0.333 e. The molecule has 0 fully saturated rings. The maximum Gasteiger partial charge on any atom is 0.279 e. The first-order valence-electron chi connectivity index (χ1n) is 8.99. The first kappa shape index (κ1) is 21.4. The second-order valence-electron chi connectivity index (χ2n) is 6.74. The minimum atomic E-state index is -0.0919. The Kier molecular flexibility index (Phi) is 7.83. The molecule has 1 unspecified atom stereocenters. The molecule has 7 heteroatoms. The molecule has 0 aliphatic rings. The van der Waals surface area contributed by atoms with E-state index in [0.717, 1.165) is 30.9 Å². The number of benzene rings is 1. The van der Waals surface area contributed by atoms with Crippen LogP contribution in [0, 0.1) is 13.8 Å². The van der Waals surface area contributed by atoms with Crippen LogP contribution in [0.2, 0.25) is 4.34 Å². The van der Waals surface area contributed by atoms with E-state index in [9.17, 15) is 9.59 Å². The van der Waals surface area contributed by atoms with Crippen LogP contribution in [0.3, 0.4) is 0 Å². The summed E-state index contributed by atoms with van der Waals surface area (Å²) in [6.07, 6.45) is 0. The van der Waals surface area contributed by atoms with Gasteiger partial charge in [-0.3, -0.25) is 9.59 Å². The third kappa shape index (κ3) is 6.34. The van der Waals surface area contributed by atoms with Gasteiger partial charge in [-0.05, 0) is 44.0 Å². The predicted octanol–water partition coefficient (Wildman–Crippen LogP) is 2.52. The van der Waals surface area contributed by atoms with Crippen LogP contribution < -0.4 is 10.2 Å². The molecule has 146 valence electrons. The molecule has 1 atom stereocenters. The minimum Gasteiger partial charge on any atom is -0.333 e. The molecule has 0 saturated heterocycles. The van der Waals surface area contributed by atoms with E-state index in [2.05, 4.69) is 5.32 Å². The Morgan fingerprint density at radius 3 is 2.37 bits per heavy atom. The van der Waals surface area contributed by atoms with Crippen molar-refractivity contribution in [3.05, 3.63) is 50.7 Å². The van der Waals surface area contributed by atoms with E-state index in [1.54, 1.807) is 4.90 Å². The van der Waals surface area contributed by atoms with Gasteiger partial charge in [-0.2, -0.15) is 0 Å². The molecule has 0 aliphatic heterocycles. The Balaban J connectivity index is 1.88. The number of hydrogen-bond acceptors (Lipinski definition) is 3. The van der Waals surface area contributed by atoms with Gasteiger partial charge >= 0.3 is 0 Å². The number of carbonyl (C=O) groups is 2. The molecule has 27 heavy (non-hydrogen) atoms. The highest BCUT2D eigenvalue weighted by molar-refractivity contribution is 7.16. The van der Waals surface area contributed by atoms with Gasteiger partial charge in [0.15, 0.2) is 13.1 Å². The number of likely N-dealkylation sites (N-methyl/N-ethyl adjacent to an activating group) is 2. The summed E-state index contributed by atoms with van der Waals surface area (Å²) in [5.41, 5.74) is 2.92. The maximum absolute atomic E-state index is 12.6. The highest BCUT2D eigenvalue weighted by Gasteiger charge is 2.20. The van der Waals surface area contributed by atoms with Gasteiger partial charge < -0.3 is 15.1 Å². The van der Waals surface area contributed by atoms with Crippen LogP contribution in [-0.4, -0.2) is 43.4 Å². The summed E-state index contributed by atoms with van der Waals surface area (Å²) in [4.78, 5) is 28.7. The fourth-order valence-electron chi connectivity index (χ4n) is 2.90. The van der Waals surface area contributed by atoms with Gasteiger partial charge in [-0.1, -0.05) is 29.8 Å². The lowest BCUT2D eigenvalue weighted by Gasteiger charge is -2.22. The fourth-order valence-corrected chi connectivity index (χ4v) is 4.01. The number of rotatable bonds is 8. The quantitative estimate of drug-likeness (QED) is 0.705. The van der Waals surface area contributed by atoms with E-state index in [1.807, 2.05) is 58.2 Å². The second-order valence-corrected chi connectivity index (χ2v) is 8.54. The van der Waals surface area contributed by atoms with Crippen LogP contribution >= 0.6 is 22.9 Å². The monoisotopic (exact) mass is 408 g/mol. The van der Waals surface area contributed by atoms with Crippen LogP contribution in [0.4, 0.5) is 5.69 Å².